The van der Waals surface area contributed by atoms with E-state index in [0.29, 0.717) is 41.7 Å². The maximum atomic E-state index is 14.1. The van der Waals surface area contributed by atoms with Gasteiger partial charge < -0.3 is 0 Å². The van der Waals surface area contributed by atoms with Crippen molar-refractivity contribution in [2.24, 2.45) is 0 Å². The molecule has 0 aliphatic heterocycles. The SMILES string of the molecule is N=c1sc(-c2cc(C(F)(F)F)ccc2F)nn1-c1c(Cl)cc(C(F)(F)F)cc1Cl. The summed E-state index contributed by atoms with van der Waals surface area (Å²) in [4.78, 5) is -0.444. The summed E-state index contributed by atoms with van der Waals surface area (Å²) in [5, 5.41) is 10.5. The molecule has 154 valence electrons. The summed E-state index contributed by atoms with van der Waals surface area (Å²) in [6.45, 7) is 0. The maximum Gasteiger partial charge on any atom is 0.416 e. The van der Waals surface area contributed by atoms with Crippen molar-refractivity contribution in [1.82, 2.24) is 9.78 Å². The molecule has 3 aromatic rings. The molecule has 0 atom stereocenters. The van der Waals surface area contributed by atoms with Gasteiger partial charge in [-0.15, -0.1) is 0 Å². The number of aromatic nitrogens is 2. The quantitative estimate of drug-likeness (QED) is 0.418. The van der Waals surface area contributed by atoms with Gasteiger partial charge in [0.2, 0.25) is 4.80 Å². The average molecular weight is 476 g/mol. The molecule has 3 nitrogen and oxygen atoms in total. The maximum absolute atomic E-state index is 14.1. The lowest BCUT2D eigenvalue weighted by molar-refractivity contribution is -0.138. The van der Waals surface area contributed by atoms with E-state index >= 15 is 0 Å². The lowest BCUT2D eigenvalue weighted by Crippen LogP contribution is -2.15. The van der Waals surface area contributed by atoms with Crippen LogP contribution in [-0.4, -0.2) is 9.78 Å². The van der Waals surface area contributed by atoms with Crippen LogP contribution in [0.1, 0.15) is 11.1 Å². The molecule has 1 N–H and O–H groups in total. The van der Waals surface area contributed by atoms with E-state index in [9.17, 15) is 30.7 Å². The third-order valence-electron chi connectivity index (χ3n) is 3.66. The van der Waals surface area contributed by atoms with E-state index in [4.69, 9.17) is 28.6 Å². The van der Waals surface area contributed by atoms with Gasteiger partial charge in [0.1, 0.15) is 11.5 Å². The predicted molar refractivity (Wildman–Crippen MR) is 92.7 cm³/mol. The average Bonchev–Trinajstić information content (AvgIpc) is 2.94. The van der Waals surface area contributed by atoms with Crippen molar-refractivity contribution in [2.75, 3.05) is 0 Å². The van der Waals surface area contributed by atoms with Crippen LogP contribution in [0.3, 0.4) is 0 Å². The second-order valence-electron chi connectivity index (χ2n) is 5.60. The summed E-state index contributed by atoms with van der Waals surface area (Å²) < 4.78 is 92.1. The zero-order valence-electron chi connectivity index (χ0n) is 13.6. The van der Waals surface area contributed by atoms with Gasteiger partial charge in [-0.2, -0.15) is 31.4 Å². The molecule has 0 aliphatic rings. The highest BCUT2D eigenvalue weighted by Gasteiger charge is 2.33. The second-order valence-corrected chi connectivity index (χ2v) is 7.39. The largest absolute Gasteiger partial charge is 0.416 e. The third-order valence-corrected chi connectivity index (χ3v) is 5.09. The van der Waals surface area contributed by atoms with Gasteiger partial charge in [0.25, 0.3) is 0 Å². The Morgan fingerprint density at radius 3 is 1.97 bits per heavy atom. The molecular weight excluding hydrogens is 470 g/mol. The molecule has 1 aromatic heterocycles. The standard InChI is InChI=1S/C16H6Cl2F7N3S/c17-9-4-7(16(23,24)25)5-10(18)12(9)28-14(26)29-13(27-28)8-3-6(15(20,21)22)1-2-11(8)19/h1-5,26H. The van der Waals surface area contributed by atoms with E-state index < -0.39 is 49.7 Å². The van der Waals surface area contributed by atoms with Crippen LogP contribution in [0.4, 0.5) is 30.7 Å². The van der Waals surface area contributed by atoms with Crippen LogP contribution in [-0.2, 0) is 12.4 Å². The fraction of sp³-hybridized carbons (Fsp3) is 0.125. The number of alkyl halides is 6. The minimum atomic E-state index is -4.74. The van der Waals surface area contributed by atoms with Crippen LogP contribution in [0.2, 0.25) is 10.0 Å². The van der Waals surface area contributed by atoms with Crippen molar-refractivity contribution >= 4 is 34.5 Å². The number of benzene rings is 2. The first-order valence-corrected chi connectivity index (χ1v) is 8.95. The van der Waals surface area contributed by atoms with E-state index in [0.717, 1.165) is 4.68 Å². The molecule has 0 saturated heterocycles. The van der Waals surface area contributed by atoms with Crippen LogP contribution >= 0.6 is 34.5 Å². The number of nitrogens with zero attached hydrogens (tertiary/aromatic N) is 2. The van der Waals surface area contributed by atoms with Gasteiger partial charge in [-0.05, 0) is 30.3 Å². The fourth-order valence-corrected chi connectivity index (χ4v) is 3.79. The molecule has 0 aliphatic carbocycles. The Kier molecular flexibility index (Phi) is 5.43. The molecule has 0 amide bonds. The second kappa shape index (κ2) is 7.29. The molecule has 0 unspecified atom stereocenters. The Labute approximate surface area is 171 Å². The van der Waals surface area contributed by atoms with Crippen LogP contribution in [0, 0.1) is 11.2 Å². The highest BCUT2D eigenvalue weighted by atomic mass is 35.5. The van der Waals surface area contributed by atoms with Crippen molar-refractivity contribution in [1.29, 1.82) is 5.41 Å². The molecule has 0 spiro atoms. The van der Waals surface area contributed by atoms with Crippen LogP contribution in [0.25, 0.3) is 16.3 Å². The molecule has 2 aromatic carbocycles. The van der Waals surface area contributed by atoms with Crippen molar-refractivity contribution in [2.45, 2.75) is 12.4 Å². The van der Waals surface area contributed by atoms with Gasteiger partial charge in [-0.1, -0.05) is 34.5 Å². The minimum absolute atomic E-state index is 0.291. The van der Waals surface area contributed by atoms with E-state index in [1.165, 1.54) is 0 Å². The summed E-state index contributed by atoms with van der Waals surface area (Å²) in [5.74, 6) is -1.02. The Morgan fingerprint density at radius 2 is 1.45 bits per heavy atom. The minimum Gasteiger partial charge on any atom is -0.273 e. The van der Waals surface area contributed by atoms with Gasteiger partial charge in [0.05, 0.1) is 21.2 Å². The zero-order chi connectivity index (χ0) is 21.7. The van der Waals surface area contributed by atoms with Gasteiger partial charge in [-0.3, -0.25) is 5.41 Å². The van der Waals surface area contributed by atoms with E-state index in [1.807, 2.05) is 0 Å². The number of hydrogen-bond acceptors (Lipinski definition) is 3. The number of rotatable bonds is 2. The monoisotopic (exact) mass is 475 g/mol. The smallest absolute Gasteiger partial charge is 0.273 e. The van der Waals surface area contributed by atoms with Crippen molar-refractivity contribution in [3.05, 3.63) is 62.1 Å². The number of hydrogen-bond donors (Lipinski definition) is 1. The van der Waals surface area contributed by atoms with Crippen molar-refractivity contribution in [3.63, 3.8) is 0 Å². The summed E-state index contributed by atoms with van der Waals surface area (Å²) in [6.07, 6.45) is -9.46. The Bertz CT molecular complexity index is 1130. The van der Waals surface area contributed by atoms with E-state index in [2.05, 4.69) is 5.10 Å². The topological polar surface area (TPSA) is 41.7 Å². The van der Waals surface area contributed by atoms with E-state index in [-0.39, 0.29) is 10.7 Å². The van der Waals surface area contributed by atoms with Crippen LogP contribution in [0.15, 0.2) is 30.3 Å². The number of nitrogens with one attached hydrogen (secondary N) is 1. The van der Waals surface area contributed by atoms with E-state index in [1.54, 1.807) is 0 Å². The normalized spacial score (nSPS) is 12.4. The van der Waals surface area contributed by atoms with Crippen LogP contribution < -0.4 is 4.80 Å². The molecule has 0 fully saturated rings. The summed E-state index contributed by atoms with van der Waals surface area (Å²) >= 11 is 12.2. The van der Waals surface area contributed by atoms with Gasteiger partial charge >= 0.3 is 12.4 Å². The first-order chi connectivity index (χ1) is 13.3. The Hall–Kier alpha value is -2.11. The molecule has 29 heavy (non-hydrogen) atoms. The van der Waals surface area contributed by atoms with Gasteiger partial charge in [0, 0.05) is 5.56 Å². The molecule has 0 radical (unpaired) electrons. The third kappa shape index (κ3) is 4.26. The van der Waals surface area contributed by atoms with Crippen molar-refractivity contribution in [3.8, 4) is 16.3 Å². The molecule has 13 heteroatoms. The van der Waals surface area contributed by atoms with Gasteiger partial charge in [-0.25, -0.2) is 9.07 Å². The summed E-state index contributed by atoms with van der Waals surface area (Å²) in [5.41, 5.74) is -3.09. The Morgan fingerprint density at radius 1 is 0.897 bits per heavy atom. The lowest BCUT2D eigenvalue weighted by atomic mass is 10.1. The first-order valence-electron chi connectivity index (χ1n) is 7.37. The molecule has 0 saturated carbocycles. The summed E-state index contributed by atoms with van der Waals surface area (Å²) in [7, 11) is 0. The Balaban J connectivity index is 2.16. The molecule has 1 heterocycles. The van der Waals surface area contributed by atoms with Crippen molar-refractivity contribution < 1.29 is 30.7 Å². The van der Waals surface area contributed by atoms with Crippen LogP contribution in [0.5, 0.6) is 0 Å². The molecule has 0 bridgehead atoms. The fourth-order valence-electron chi connectivity index (χ4n) is 2.35. The number of halogens is 9. The highest BCUT2D eigenvalue weighted by Crippen LogP contribution is 2.38. The lowest BCUT2D eigenvalue weighted by Gasteiger charge is -2.12. The van der Waals surface area contributed by atoms with Gasteiger partial charge in [0.15, 0.2) is 5.01 Å². The predicted octanol–water partition coefficient (Wildman–Crippen LogP) is 6.56. The summed E-state index contributed by atoms with van der Waals surface area (Å²) in [6, 6.07) is 2.81. The molecular formula is C16H6Cl2F7N3S. The molecule has 3 rings (SSSR count). The first kappa shape index (κ1) is 21.6. The highest BCUT2D eigenvalue weighted by molar-refractivity contribution is 7.12. The zero-order valence-corrected chi connectivity index (χ0v) is 15.9.